The van der Waals surface area contributed by atoms with Gasteiger partial charge in [0.25, 0.3) is 0 Å². The average molecular weight is 384 g/mol. The summed E-state index contributed by atoms with van der Waals surface area (Å²) in [5, 5.41) is 6.02. The van der Waals surface area contributed by atoms with E-state index in [0.717, 1.165) is 11.8 Å². The van der Waals surface area contributed by atoms with Crippen molar-refractivity contribution in [2.75, 3.05) is 10.6 Å². The van der Waals surface area contributed by atoms with Crippen molar-refractivity contribution in [1.82, 2.24) is 0 Å². The first-order valence-corrected chi connectivity index (χ1v) is 8.65. The second-order valence-electron chi connectivity index (χ2n) is 8.46. The van der Waals surface area contributed by atoms with Crippen LogP contribution >= 0.6 is 0 Å². The fourth-order valence-corrected chi connectivity index (χ4v) is 2.18. The molecule has 0 radical (unpaired) electrons. The van der Waals surface area contributed by atoms with Gasteiger partial charge in [-0.3, -0.25) is 0 Å². The number of hydrogen-bond acceptors (Lipinski definition) is 2. The molecule has 0 aliphatic heterocycles. The van der Waals surface area contributed by atoms with Crippen molar-refractivity contribution in [2.45, 2.75) is 59.5 Å². The Balaban J connectivity index is 0.000000271. The first-order chi connectivity index (χ1) is 12.2. The number of aryl methyl sites for hydroxylation is 1. The van der Waals surface area contributed by atoms with Crippen LogP contribution in [0.25, 0.3) is 0 Å². The smallest absolute Gasteiger partial charge is 0.161 e. The standard InChI is InChI=1S/C11H16FN.C10H12F3N/c1-8-7-9(5-6-10(8)12)13-11(2,3)4;1-10(2,3)14-9-5-7(12)6(11)4-8(9)13/h5-7,13H,1-4H3;4-5,14H,1-3H3. The Bertz CT molecular complexity index is 775. The van der Waals surface area contributed by atoms with E-state index in [2.05, 4.69) is 31.4 Å². The van der Waals surface area contributed by atoms with E-state index in [1.807, 2.05) is 6.07 Å². The first kappa shape index (κ1) is 22.8. The molecule has 0 saturated carbocycles. The molecule has 0 amide bonds. The van der Waals surface area contributed by atoms with Crippen molar-refractivity contribution < 1.29 is 17.6 Å². The van der Waals surface area contributed by atoms with Crippen LogP contribution in [0.1, 0.15) is 47.1 Å². The highest BCUT2D eigenvalue weighted by Crippen LogP contribution is 2.21. The zero-order valence-electron chi connectivity index (χ0n) is 16.9. The van der Waals surface area contributed by atoms with Crippen LogP contribution < -0.4 is 10.6 Å². The largest absolute Gasteiger partial charge is 0.380 e. The van der Waals surface area contributed by atoms with Gasteiger partial charge in [0.1, 0.15) is 11.6 Å². The van der Waals surface area contributed by atoms with Gasteiger partial charge in [-0.05, 0) is 72.2 Å². The molecule has 0 fully saturated rings. The fourth-order valence-electron chi connectivity index (χ4n) is 2.18. The number of halogens is 4. The van der Waals surface area contributed by atoms with Gasteiger partial charge in [-0.2, -0.15) is 0 Å². The third-order valence-corrected chi connectivity index (χ3v) is 3.20. The summed E-state index contributed by atoms with van der Waals surface area (Å²) >= 11 is 0. The minimum absolute atomic E-state index is 0.0181. The summed E-state index contributed by atoms with van der Waals surface area (Å²) in [5.41, 5.74) is 1.23. The molecule has 2 N–H and O–H groups in total. The van der Waals surface area contributed by atoms with E-state index in [0.29, 0.717) is 11.6 Å². The zero-order chi connectivity index (χ0) is 21.0. The van der Waals surface area contributed by atoms with E-state index >= 15 is 0 Å². The van der Waals surface area contributed by atoms with Crippen LogP contribution in [-0.2, 0) is 0 Å². The lowest BCUT2D eigenvalue weighted by molar-refractivity contribution is 0.494. The molecule has 0 aliphatic carbocycles. The second kappa shape index (κ2) is 8.63. The van der Waals surface area contributed by atoms with E-state index in [1.165, 1.54) is 6.07 Å². The van der Waals surface area contributed by atoms with Crippen molar-refractivity contribution in [3.63, 3.8) is 0 Å². The minimum Gasteiger partial charge on any atom is -0.380 e. The maximum atomic E-state index is 13.1. The molecule has 0 bridgehead atoms. The van der Waals surface area contributed by atoms with Gasteiger partial charge in [0, 0.05) is 28.9 Å². The summed E-state index contributed by atoms with van der Waals surface area (Å²) in [4.78, 5) is 0. The van der Waals surface area contributed by atoms with Crippen LogP contribution in [0.2, 0.25) is 0 Å². The van der Waals surface area contributed by atoms with Gasteiger partial charge in [-0.15, -0.1) is 0 Å². The normalized spacial score (nSPS) is 11.5. The van der Waals surface area contributed by atoms with E-state index in [1.54, 1.807) is 33.8 Å². The highest BCUT2D eigenvalue weighted by molar-refractivity contribution is 5.48. The van der Waals surface area contributed by atoms with Crippen LogP contribution in [0.4, 0.5) is 28.9 Å². The molecular weight excluding hydrogens is 356 g/mol. The molecule has 0 atom stereocenters. The third kappa shape index (κ3) is 8.33. The van der Waals surface area contributed by atoms with Gasteiger partial charge in [-0.1, -0.05) is 0 Å². The van der Waals surface area contributed by atoms with Gasteiger partial charge in [0.2, 0.25) is 0 Å². The molecule has 150 valence electrons. The van der Waals surface area contributed by atoms with E-state index in [4.69, 9.17) is 0 Å². The molecule has 0 saturated heterocycles. The van der Waals surface area contributed by atoms with E-state index < -0.39 is 23.0 Å². The van der Waals surface area contributed by atoms with Crippen LogP contribution in [0.15, 0.2) is 30.3 Å². The second-order valence-corrected chi connectivity index (χ2v) is 8.46. The molecule has 2 nitrogen and oxygen atoms in total. The third-order valence-electron chi connectivity index (χ3n) is 3.20. The Morgan fingerprint density at radius 1 is 0.630 bits per heavy atom. The van der Waals surface area contributed by atoms with Crippen LogP contribution in [-0.4, -0.2) is 11.1 Å². The molecular formula is C21H28F4N2. The quantitative estimate of drug-likeness (QED) is 0.447. The average Bonchev–Trinajstić information content (AvgIpc) is 2.46. The van der Waals surface area contributed by atoms with Crippen LogP contribution in [0.5, 0.6) is 0 Å². The predicted molar refractivity (Wildman–Crippen MR) is 104 cm³/mol. The summed E-state index contributed by atoms with van der Waals surface area (Å²) in [6.45, 7) is 13.4. The molecule has 2 aromatic rings. The zero-order valence-corrected chi connectivity index (χ0v) is 16.9. The molecule has 27 heavy (non-hydrogen) atoms. The molecule has 0 spiro atoms. The Hall–Kier alpha value is -2.24. The number of hydrogen-bond donors (Lipinski definition) is 2. The summed E-state index contributed by atoms with van der Waals surface area (Å²) in [5.74, 6) is -3.18. The molecule has 2 aromatic carbocycles. The molecule has 0 aliphatic rings. The van der Waals surface area contributed by atoms with Gasteiger partial charge >= 0.3 is 0 Å². The van der Waals surface area contributed by atoms with Gasteiger partial charge < -0.3 is 10.6 Å². The van der Waals surface area contributed by atoms with Gasteiger partial charge in [0.15, 0.2) is 11.6 Å². The monoisotopic (exact) mass is 384 g/mol. The molecule has 0 heterocycles. The van der Waals surface area contributed by atoms with Gasteiger partial charge in [0.05, 0.1) is 5.69 Å². The van der Waals surface area contributed by atoms with Gasteiger partial charge in [-0.25, -0.2) is 17.6 Å². The lowest BCUT2D eigenvalue weighted by Crippen LogP contribution is -2.26. The van der Waals surface area contributed by atoms with Crippen molar-refractivity contribution in [2.24, 2.45) is 0 Å². The SMILES string of the molecule is CC(C)(C)Nc1cc(F)c(F)cc1F.Cc1cc(NC(C)(C)C)ccc1F. The van der Waals surface area contributed by atoms with Crippen molar-refractivity contribution in [1.29, 1.82) is 0 Å². The van der Waals surface area contributed by atoms with E-state index in [-0.39, 0.29) is 17.0 Å². The number of nitrogens with one attached hydrogen (secondary N) is 2. The number of rotatable bonds is 2. The Kier molecular flexibility index (Phi) is 7.29. The van der Waals surface area contributed by atoms with Crippen molar-refractivity contribution in [3.8, 4) is 0 Å². The van der Waals surface area contributed by atoms with E-state index in [9.17, 15) is 17.6 Å². The topological polar surface area (TPSA) is 24.1 Å². The summed E-state index contributed by atoms with van der Waals surface area (Å²) in [6, 6.07) is 6.41. The highest BCUT2D eigenvalue weighted by Gasteiger charge is 2.15. The Morgan fingerprint density at radius 2 is 1.15 bits per heavy atom. The van der Waals surface area contributed by atoms with Crippen LogP contribution in [0.3, 0.4) is 0 Å². The predicted octanol–water partition coefficient (Wildman–Crippen LogP) is 6.66. The maximum Gasteiger partial charge on any atom is 0.161 e. The maximum absolute atomic E-state index is 13.1. The summed E-state index contributed by atoms with van der Waals surface area (Å²) in [7, 11) is 0. The van der Waals surface area contributed by atoms with Crippen molar-refractivity contribution >= 4 is 11.4 Å². The highest BCUT2D eigenvalue weighted by atomic mass is 19.2. The minimum atomic E-state index is -1.18. The number of anilines is 2. The summed E-state index contributed by atoms with van der Waals surface area (Å²) in [6.07, 6.45) is 0. The summed E-state index contributed by atoms with van der Waals surface area (Å²) < 4.78 is 51.3. The number of benzene rings is 2. The van der Waals surface area contributed by atoms with Crippen LogP contribution in [0, 0.1) is 30.2 Å². The molecule has 2 rings (SSSR count). The fraction of sp³-hybridized carbons (Fsp3) is 0.429. The lowest BCUT2D eigenvalue weighted by atomic mass is 10.1. The first-order valence-electron chi connectivity index (χ1n) is 8.65. The molecule has 6 heteroatoms. The van der Waals surface area contributed by atoms with Crippen molar-refractivity contribution in [3.05, 3.63) is 59.2 Å². The Labute approximate surface area is 159 Å². The lowest BCUT2D eigenvalue weighted by Gasteiger charge is -2.22. The molecule has 0 aromatic heterocycles. The Morgan fingerprint density at radius 3 is 1.63 bits per heavy atom. The molecule has 0 unspecified atom stereocenters.